The van der Waals surface area contributed by atoms with Crippen LogP contribution >= 0.6 is 0 Å². The molecule has 0 atom stereocenters. The van der Waals surface area contributed by atoms with Crippen LogP contribution in [-0.2, 0) is 4.74 Å². The van der Waals surface area contributed by atoms with Gasteiger partial charge in [-0.2, -0.15) is 0 Å². The Morgan fingerprint density at radius 1 is 1.17 bits per heavy atom. The highest BCUT2D eigenvalue weighted by molar-refractivity contribution is 5.74. The molecule has 1 N–H and O–H groups in total. The second-order valence-electron chi connectivity index (χ2n) is 6.44. The smallest absolute Gasteiger partial charge is 0.320 e. The second kappa shape index (κ2) is 7.65. The van der Waals surface area contributed by atoms with E-state index in [1.807, 2.05) is 34.9 Å². The number of carbonyl (C=O) groups is 1. The van der Waals surface area contributed by atoms with Crippen molar-refractivity contribution in [2.75, 3.05) is 63.7 Å². The lowest BCUT2D eigenvalue weighted by Crippen LogP contribution is -2.51. The van der Waals surface area contributed by atoms with Crippen molar-refractivity contribution in [3.63, 3.8) is 0 Å². The second-order valence-corrected chi connectivity index (χ2v) is 6.44. The fourth-order valence-corrected chi connectivity index (χ4v) is 3.05. The average Bonchev–Trinajstić information content (AvgIpc) is 2.63. The standard InChI is InChI=1S/C16H26N6O2/c1-20(2)15-11-14(17-12-18-15)19-13-3-5-21(6-4-13)16(23)22-7-9-24-10-8-22/h11-13H,3-10H2,1-2H3,(H,17,18,19). The fraction of sp³-hybridized carbons (Fsp3) is 0.688. The third kappa shape index (κ3) is 4.05. The predicted molar refractivity (Wildman–Crippen MR) is 92.4 cm³/mol. The van der Waals surface area contributed by atoms with Gasteiger partial charge in [0.2, 0.25) is 0 Å². The lowest BCUT2D eigenvalue weighted by molar-refractivity contribution is 0.0414. The molecule has 8 nitrogen and oxygen atoms in total. The first-order chi connectivity index (χ1) is 11.6. The van der Waals surface area contributed by atoms with E-state index in [1.165, 1.54) is 0 Å². The Labute approximate surface area is 142 Å². The first-order valence-corrected chi connectivity index (χ1v) is 8.51. The summed E-state index contributed by atoms with van der Waals surface area (Å²) < 4.78 is 5.31. The number of hydrogen-bond donors (Lipinski definition) is 1. The molecule has 2 aliphatic rings. The number of nitrogens with one attached hydrogen (secondary N) is 1. The van der Waals surface area contributed by atoms with Crippen LogP contribution in [0.2, 0.25) is 0 Å². The number of morpholine rings is 1. The van der Waals surface area contributed by atoms with E-state index >= 15 is 0 Å². The summed E-state index contributed by atoms with van der Waals surface area (Å²) in [6, 6.07) is 2.43. The van der Waals surface area contributed by atoms with E-state index in [1.54, 1.807) is 6.33 Å². The van der Waals surface area contributed by atoms with Gasteiger partial charge < -0.3 is 24.8 Å². The number of carbonyl (C=O) groups excluding carboxylic acids is 1. The van der Waals surface area contributed by atoms with Crippen LogP contribution in [0.4, 0.5) is 16.4 Å². The lowest BCUT2D eigenvalue weighted by atomic mass is 10.1. The summed E-state index contributed by atoms with van der Waals surface area (Å²) in [5, 5.41) is 3.47. The maximum Gasteiger partial charge on any atom is 0.320 e. The molecule has 0 aromatic carbocycles. The van der Waals surface area contributed by atoms with Crippen LogP contribution in [0.15, 0.2) is 12.4 Å². The Kier molecular flexibility index (Phi) is 5.34. The number of nitrogens with zero attached hydrogens (tertiary/aromatic N) is 5. The van der Waals surface area contributed by atoms with Gasteiger partial charge >= 0.3 is 6.03 Å². The molecule has 132 valence electrons. The molecule has 3 rings (SSSR count). The molecule has 0 aliphatic carbocycles. The molecule has 0 bridgehead atoms. The Morgan fingerprint density at radius 3 is 2.50 bits per heavy atom. The number of rotatable bonds is 3. The van der Waals surface area contributed by atoms with Crippen LogP contribution in [-0.4, -0.2) is 85.3 Å². The van der Waals surface area contributed by atoms with Crippen molar-refractivity contribution in [3.05, 3.63) is 12.4 Å². The molecule has 3 heterocycles. The summed E-state index contributed by atoms with van der Waals surface area (Å²) in [6.45, 7) is 4.24. The normalized spacial score (nSPS) is 19.2. The summed E-state index contributed by atoms with van der Waals surface area (Å²) in [4.78, 5) is 26.8. The van der Waals surface area contributed by atoms with Crippen molar-refractivity contribution in [1.29, 1.82) is 0 Å². The molecule has 8 heteroatoms. The van der Waals surface area contributed by atoms with Crippen molar-refractivity contribution in [1.82, 2.24) is 19.8 Å². The first-order valence-electron chi connectivity index (χ1n) is 8.51. The third-order valence-corrected chi connectivity index (χ3v) is 4.51. The minimum absolute atomic E-state index is 0.147. The first kappa shape index (κ1) is 16.8. The van der Waals surface area contributed by atoms with Gasteiger partial charge in [0.15, 0.2) is 0 Å². The van der Waals surface area contributed by atoms with Gasteiger partial charge in [0.05, 0.1) is 13.2 Å². The molecule has 0 radical (unpaired) electrons. The zero-order chi connectivity index (χ0) is 16.9. The van der Waals surface area contributed by atoms with Crippen molar-refractivity contribution < 1.29 is 9.53 Å². The van der Waals surface area contributed by atoms with Gasteiger partial charge in [-0.3, -0.25) is 0 Å². The minimum Gasteiger partial charge on any atom is -0.378 e. The van der Waals surface area contributed by atoms with Crippen molar-refractivity contribution in [2.45, 2.75) is 18.9 Å². The van der Waals surface area contributed by atoms with Gasteiger partial charge in [-0.1, -0.05) is 0 Å². The van der Waals surface area contributed by atoms with E-state index in [9.17, 15) is 4.79 Å². The number of likely N-dealkylation sites (tertiary alicyclic amines) is 1. The van der Waals surface area contributed by atoms with Crippen molar-refractivity contribution in [2.24, 2.45) is 0 Å². The van der Waals surface area contributed by atoms with Gasteiger partial charge in [0, 0.05) is 52.4 Å². The minimum atomic E-state index is 0.147. The molecule has 0 unspecified atom stereocenters. The number of ether oxygens (including phenoxy) is 1. The maximum absolute atomic E-state index is 12.5. The molecule has 0 saturated carbocycles. The highest BCUT2D eigenvalue weighted by Gasteiger charge is 2.27. The average molecular weight is 334 g/mol. The zero-order valence-corrected chi connectivity index (χ0v) is 14.4. The van der Waals surface area contributed by atoms with Gasteiger partial charge in [-0.15, -0.1) is 0 Å². The molecule has 0 spiro atoms. The molecular formula is C16H26N6O2. The fourth-order valence-electron chi connectivity index (χ4n) is 3.05. The topological polar surface area (TPSA) is 73.8 Å². The van der Waals surface area contributed by atoms with E-state index in [0.29, 0.717) is 32.3 Å². The third-order valence-electron chi connectivity index (χ3n) is 4.51. The zero-order valence-electron chi connectivity index (χ0n) is 14.4. The van der Waals surface area contributed by atoms with Crippen LogP contribution < -0.4 is 10.2 Å². The van der Waals surface area contributed by atoms with Gasteiger partial charge in [-0.25, -0.2) is 14.8 Å². The lowest BCUT2D eigenvalue weighted by Gasteiger charge is -2.37. The van der Waals surface area contributed by atoms with Crippen LogP contribution in [0.1, 0.15) is 12.8 Å². The van der Waals surface area contributed by atoms with E-state index in [2.05, 4.69) is 15.3 Å². The molecular weight excluding hydrogens is 308 g/mol. The number of urea groups is 1. The van der Waals surface area contributed by atoms with E-state index in [-0.39, 0.29) is 6.03 Å². The highest BCUT2D eigenvalue weighted by Crippen LogP contribution is 2.18. The largest absolute Gasteiger partial charge is 0.378 e. The molecule has 24 heavy (non-hydrogen) atoms. The Balaban J connectivity index is 1.50. The van der Waals surface area contributed by atoms with Crippen LogP contribution in [0, 0.1) is 0 Å². The van der Waals surface area contributed by atoms with Crippen molar-refractivity contribution >= 4 is 17.7 Å². The van der Waals surface area contributed by atoms with Gasteiger partial charge in [0.25, 0.3) is 0 Å². The highest BCUT2D eigenvalue weighted by atomic mass is 16.5. The quantitative estimate of drug-likeness (QED) is 0.884. The molecule has 1 aromatic rings. The van der Waals surface area contributed by atoms with Gasteiger partial charge in [0.1, 0.15) is 18.0 Å². The number of hydrogen-bond acceptors (Lipinski definition) is 6. The monoisotopic (exact) mass is 334 g/mol. The number of amides is 2. The number of anilines is 2. The summed E-state index contributed by atoms with van der Waals surface area (Å²) in [5.74, 6) is 1.72. The summed E-state index contributed by atoms with van der Waals surface area (Å²) in [7, 11) is 3.92. The number of aromatic nitrogens is 2. The van der Waals surface area contributed by atoms with E-state index in [4.69, 9.17) is 4.74 Å². The SMILES string of the molecule is CN(C)c1cc(NC2CCN(C(=O)N3CCOCC3)CC2)ncn1. The molecule has 2 saturated heterocycles. The van der Waals surface area contributed by atoms with E-state index < -0.39 is 0 Å². The Bertz CT molecular complexity index is 553. The summed E-state index contributed by atoms with van der Waals surface area (Å²) >= 11 is 0. The molecule has 2 aliphatic heterocycles. The van der Waals surface area contributed by atoms with Crippen LogP contribution in [0.25, 0.3) is 0 Å². The van der Waals surface area contributed by atoms with Crippen LogP contribution in [0.5, 0.6) is 0 Å². The van der Waals surface area contributed by atoms with Gasteiger partial charge in [-0.05, 0) is 12.8 Å². The molecule has 2 amide bonds. The van der Waals surface area contributed by atoms with Crippen LogP contribution in [0.3, 0.4) is 0 Å². The van der Waals surface area contributed by atoms with E-state index in [0.717, 1.165) is 37.6 Å². The molecule has 1 aromatic heterocycles. The summed E-state index contributed by atoms with van der Waals surface area (Å²) in [5.41, 5.74) is 0. The number of piperidine rings is 1. The summed E-state index contributed by atoms with van der Waals surface area (Å²) in [6.07, 6.45) is 3.43. The van der Waals surface area contributed by atoms with Crippen molar-refractivity contribution in [3.8, 4) is 0 Å². The Morgan fingerprint density at radius 2 is 1.83 bits per heavy atom. The maximum atomic E-state index is 12.5. The molecule has 2 fully saturated rings. The Hall–Kier alpha value is -2.09. The predicted octanol–water partition coefficient (Wildman–Crippen LogP) is 0.871.